The zero-order valence-electron chi connectivity index (χ0n) is 21.9. The van der Waals surface area contributed by atoms with Crippen LogP contribution in [0, 0.1) is 20.8 Å². The van der Waals surface area contributed by atoms with Gasteiger partial charge in [-0.1, -0.05) is 83.9 Å². The Morgan fingerprint density at radius 3 is 2.14 bits per heavy atom. The highest BCUT2D eigenvalue weighted by atomic mass is 16.2. The van der Waals surface area contributed by atoms with Crippen LogP contribution in [-0.2, 0) is 29.0 Å². The second kappa shape index (κ2) is 11.4. The van der Waals surface area contributed by atoms with Crippen molar-refractivity contribution in [3.8, 4) is 0 Å². The number of rotatable bonds is 8. The lowest BCUT2D eigenvalue weighted by molar-refractivity contribution is -0.141. The highest BCUT2D eigenvalue weighted by molar-refractivity contribution is 5.89. The van der Waals surface area contributed by atoms with Crippen LogP contribution in [0.1, 0.15) is 54.2 Å². The van der Waals surface area contributed by atoms with Crippen molar-refractivity contribution in [2.24, 2.45) is 0 Å². The number of carbonyl (C=O) groups excluding carboxylic acids is 2. The summed E-state index contributed by atoms with van der Waals surface area (Å²) >= 11 is 0. The molecule has 0 bridgehead atoms. The van der Waals surface area contributed by atoms with E-state index in [0.717, 1.165) is 33.4 Å². The maximum Gasteiger partial charge on any atom is 0.243 e. The average molecular weight is 471 g/mol. The van der Waals surface area contributed by atoms with Crippen LogP contribution in [-0.4, -0.2) is 28.3 Å². The largest absolute Gasteiger partial charge is 0.350 e. The van der Waals surface area contributed by atoms with Gasteiger partial charge < -0.3 is 10.2 Å². The van der Waals surface area contributed by atoms with Crippen molar-refractivity contribution in [2.45, 2.75) is 72.5 Å². The quantitative estimate of drug-likeness (QED) is 0.458. The summed E-state index contributed by atoms with van der Waals surface area (Å²) in [6.45, 7) is 12.4. The van der Waals surface area contributed by atoms with Crippen LogP contribution in [0.3, 0.4) is 0 Å². The van der Waals surface area contributed by atoms with Gasteiger partial charge in [0, 0.05) is 18.5 Å². The molecule has 0 spiro atoms. The fourth-order valence-corrected chi connectivity index (χ4v) is 4.27. The zero-order chi connectivity index (χ0) is 25.6. The number of hydrogen-bond acceptors (Lipinski definition) is 2. The van der Waals surface area contributed by atoms with E-state index >= 15 is 0 Å². The molecular formula is C31H38N2O2. The molecule has 1 N–H and O–H groups in total. The van der Waals surface area contributed by atoms with Crippen molar-refractivity contribution in [2.75, 3.05) is 0 Å². The fraction of sp³-hybridized carbons (Fsp3) is 0.355. The average Bonchev–Trinajstić information content (AvgIpc) is 2.78. The number of nitrogens with one attached hydrogen (secondary N) is 1. The smallest absolute Gasteiger partial charge is 0.243 e. The number of nitrogens with zero attached hydrogens (tertiary/aromatic N) is 1. The first-order valence-electron chi connectivity index (χ1n) is 12.3. The molecule has 3 aromatic carbocycles. The minimum Gasteiger partial charge on any atom is -0.350 e. The van der Waals surface area contributed by atoms with E-state index in [4.69, 9.17) is 0 Å². The molecule has 0 aliphatic heterocycles. The van der Waals surface area contributed by atoms with Crippen LogP contribution in [0.15, 0.2) is 72.8 Å². The Kier molecular flexibility index (Phi) is 8.50. The number of aryl methyl sites for hydroxylation is 3. The van der Waals surface area contributed by atoms with Gasteiger partial charge in [0.05, 0.1) is 6.42 Å². The van der Waals surface area contributed by atoms with E-state index in [1.165, 1.54) is 0 Å². The van der Waals surface area contributed by atoms with Gasteiger partial charge in [-0.15, -0.1) is 0 Å². The Bertz CT molecular complexity index is 1160. The Morgan fingerprint density at radius 1 is 0.829 bits per heavy atom. The molecule has 4 nitrogen and oxygen atoms in total. The van der Waals surface area contributed by atoms with E-state index in [1.807, 2.05) is 90.1 Å². The van der Waals surface area contributed by atoms with Crippen molar-refractivity contribution < 1.29 is 9.59 Å². The molecular weight excluding hydrogens is 432 g/mol. The number of benzene rings is 3. The van der Waals surface area contributed by atoms with Crippen LogP contribution < -0.4 is 5.32 Å². The lowest BCUT2D eigenvalue weighted by Gasteiger charge is -2.34. The molecule has 0 fully saturated rings. The van der Waals surface area contributed by atoms with Crippen molar-refractivity contribution in [3.63, 3.8) is 0 Å². The van der Waals surface area contributed by atoms with Crippen molar-refractivity contribution in [3.05, 3.63) is 106 Å². The van der Waals surface area contributed by atoms with E-state index in [9.17, 15) is 9.59 Å². The van der Waals surface area contributed by atoms with Crippen molar-refractivity contribution >= 4 is 11.8 Å². The summed E-state index contributed by atoms with van der Waals surface area (Å²) in [5, 5.41) is 3.12. The molecule has 0 unspecified atom stereocenters. The van der Waals surface area contributed by atoms with Crippen LogP contribution in [0.25, 0.3) is 0 Å². The summed E-state index contributed by atoms with van der Waals surface area (Å²) in [6.07, 6.45) is 0.709. The van der Waals surface area contributed by atoms with Gasteiger partial charge in [0.2, 0.25) is 11.8 Å². The van der Waals surface area contributed by atoms with Gasteiger partial charge in [0.1, 0.15) is 6.04 Å². The standard InChI is InChI=1S/C31H38N2O2/c1-22-11-10-14-26(17-22)21-33(29(34)20-27-18-23(2)15-16-24(27)3)28(30(35)32-31(4,5)6)19-25-12-8-7-9-13-25/h7-18,28H,19-21H2,1-6H3,(H,32,35)/t28-/m0/s1. The second-order valence-corrected chi connectivity index (χ2v) is 10.6. The third kappa shape index (κ3) is 7.81. The molecule has 0 aromatic heterocycles. The van der Waals surface area contributed by atoms with E-state index in [2.05, 4.69) is 29.6 Å². The zero-order valence-corrected chi connectivity index (χ0v) is 21.9. The van der Waals surface area contributed by atoms with E-state index in [-0.39, 0.29) is 18.2 Å². The molecule has 35 heavy (non-hydrogen) atoms. The van der Waals surface area contributed by atoms with Gasteiger partial charge in [-0.25, -0.2) is 0 Å². The molecule has 0 aliphatic carbocycles. The van der Waals surface area contributed by atoms with Gasteiger partial charge in [0.25, 0.3) is 0 Å². The van der Waals surface area contributed by atoms with Gasteiger partial charge in [-0.05, 0) is 63.8 Å². The van der Waals surface area contributed by atoms with Crippen molar-refractivity contribution in [1.29, 1.82) is 0 Å². The predicted octanol–water partition coefficient (Wildman–Crippen LogP) is 5.71. The van der Waals surface area contributed by atoms with E-state index in [1.54, 1.807) is 4.90 Å². The second-order valence-electron chi connectivity index (χ2n) is 10.6. The number of amides is 2. The first kappa shape index (κ1) is 26.2. The summed E-state index contributed by atoms with van der Waals surface area (Å²) in [5.41, 5.74) is 5.96. The summed E-state index contributed by atoms with van der Waals surface area (Å²) in [6, 6.07) is 23.6. The highest BCUT2D eigenvalue weighted by Gasteiger charge is 2.32. The SMILES string of the molecule is Cc1cccc(CN(C(=O)Cc2cc(C)ccc2C)[C@@H](Cc2ccccc2)C(=O)NC(C)(C)C)c1. The van der Waals surface area contributed by atoms with Gasteiger partial charge in [-0.2, -0.15) is 0 Å². The first-order chi connectivity index (χ1) is 16.5. The summed E-state index contributed by atoms with van der Waals surface area (Å²) < 4.78 is 0. The van der Waals surface area contributed by atoms with Crippen molar-refractivity contribution in [1.82, 2.24) is 10.2 Å². The monoisotopic (exact) mass is 470 g/mol. The maximum absolute atomic E-state index is 13.9. The lowest BCUT2D eigenvalue weighted by Crippen LogP contribution is -2.54. The maximum atomic E-state index is 13.9. The summed E-state index contributed by atoms with van der Waals surface area (Å²) in [5.74, 6) is -0.187. The molecule has 2 amide bonds. The van der Waals surface area contributed by atoms with E-state index in [0.29, 0.717) is 13.0 Å². The molecule has 4 heteroatoms. The Labute approximate surface area is 210 Å². The Morgan fingerprint density at radius 2 is 1.49 bits per heavy atom. The summed E-state index contributed by atoms with van der Waals surface area (Å²) in [7, 11) is 0. The lowest BCUT2D eigenvalue weighted by atomic mass is 9.98. The third-order valence-electron chi connectivity index (χ3n) is 6.05. The normalized spacial score (nSPS) is 12.2. The molecule has 184 valence electrons. The third-order valence-corrected chi connectivity index (χ3v) is 6.05. The molecule has 0 saturated carbocycles. The number of carbonyl (C=O) groups is 2. The number of hydrogen-bond donors (Lipinski definition) is 1. The van der Waals surface area contributed by atoms with Crippen LogP contribution in [0.4, 0.5) is 0 Å². The van der Waals surface area contributed by atoms with Crippen LogP contribution in [0.5, 0.6) is 0 Å². The van der Waals surface area contributed by atoms with Gasteiger partial charge in [0.15, 0.2) is 0 Å². The fourth-order valence-electron chi connectivity index (χ4n) is 4.27. The molecule has 3 rings (SSSR count). The van der Waals surface area contributed by atoms with Crippen LogP contribution in [0.2, 0.25) is 0 Å². The molecule has 0 radical (unpaired) electrons. The summed E-state index contributed by atoms with van der Waals surface area (Å²) in [4.78, 5) is 29.3. The minimum absolute atomic E-state index is 0.0507. The van der Waals surface area contributed by atoms with E-state index < -0.39 is 11.6 Å². The first-order valence-corrected chi connectivity index (χ1v) is 12.3. The highest BCUT2D eigenvalue weighted by Crippen LogP contribution is 2.19. The Hall–Kier alpha value is -3.40. The predicted molar refractivity (Wildman–Crippen MR) is 143 cm³/mol. The topological polar surface area (TPSA) is 49.4 Å². The van der Waals surface area contributed by atoms with Gasteiger partial charge in [-0.3, -0.25) is 9.59 Å². The molecule has 0 saturated heterocycles. The molecule has 3 aromatic rings. The molecule has 1 atom stereocenters. The Balaban J connectivity index is 2.02. The van der Waals surface area contributed by atoms with Crippen LogP contribution >= 0.6 is 0 Å². The molecule has 0 heterocycles. The van der Waals surface area contributed by atoms with Gasteiger partial charge >= 0.3 is 0 Å². The molecule has 0 aliphatic rings. The minimum atomic E-state index is -0.630.